The van der Waals surface area contributed by atoms with Crippen LogP contribution in [0.3, 0.4) is 0 Å². The lowest BCUT2D eigenvalue weighted by molar-refractivity contribution is -0.401. The number of rotatable bonds is 1. The van der Waals surface area contributed by atoms with E-state index in [1.807, 2.05) is 12.2 Å². The molecule has 0 radical (unpaired) electrons. The molecule has 2 aliphatic heterocycles. The molecule has 0 aromatic rings. The number of amides is 1. The maximum absolute atomic E-state index is 11.1. The topological polar surface area (TPSA) is 29.3 Å². The van der Waals surface area contributed by atoms with Crippen LogP contribution in [0.2, 0.25) is 0 Å². The zero-order chi connectivity index (χ0) is 7.68. The monoisotopic (exact) mass is 169 g/mol. The number of ether oxygens (including phenoxy) is 1. The van der Waals surface area contributed by atoms with Gasteiger partial charge < -0.3 is 4.74 Å². The summed E-state index contributed by atoms with van der Waals surface area (Å²) in [5, 5.41) is 0.965. The van der Waals surface area contributed by atoms with E-state index >= 15 is 0 Å². The van der Waals surface area contributed by atoms with Crippen LogP contribution >= 0.6 is 11.8 Å². The largest absolute Gasteiger partial charge is 0.487 e. The number of carbonyl (C=O) groups excluding carboxylic acids is 1. The Morgan fingerprint density at radius 3 is 3.18 bits per heavy atom. The van der Waals surface area contributed by atoms with Gasteiger partial charge in [-0.15, -0.1) is 17.8 Å². The van der Waals surface area contributed by atoms with E-state index in [-0.39, 0.29) is 12.5 Å². The zero-order valence-corrected chi connectivity index (χ0v) is 6.63. The molecule has 0 aliphatic carbocycles. The van der Waals surface area contributed by atoms with Gasteiger partial charge in [0.2, 0.25) is 0 Å². The highest BCUT2D eigenvalue weighted by Gasteiger charge is 2.26. The van der Waals surface area contributed by atoms with Gasteiger partial charge in [-0.3, -0.25) is 4.79 Å². The number of hydrogen-bond donors (Lipinski definition) is 0. The second kappa shape index (κ2) is 2.62. The molecule has 0 bridgehead atoms. The lowest BCUT2D eigenvalue weighted by Crippen LogP contribution is -2.18. The van der Waals surface area contributed by atoms with Gasteiger partial charge in [0.1, 0.15) is 0 Å². The predicted molar refractivity (Wildman–Crippen MR) is 42.1 cm³/mol. The van der Waals surface area contributed by atoms with E-state index < -0.39 is 0 Å². The highest BCUT2D eigenvalue weighted by atomic mass is 32.2. The summed E-state index contributed by atoms with van der Waals surface area (Å²) in [5.41, 5.74) is 0. The summed E-state index contributed by atoms with van der Waals surface area (Å²) in [6, 6.07) is 0. The molecule has 0 aromatic heterocycles. The summed E-state index contributed by atoms with van der Waals surface area (Å²) >= 11 is 1.64. The summed E-state index contributed by atoms with van der Waals surface area (Å²) in [7, 11) is 0. The van der Waals surface area contributed by atoms with Crippen LogP contribution in [0.4, 0.5) is 0 Å². The Bertz CT molecular complexity index is 247. The second-order valence-electron chi connectivity index (χ2n) is 2.23. The molecule has 4 heteroatoms. The fourth-order valence-electron chi connectivity index (χ4n) is 0.967. The van der Waals surface area contributed by atoms with Crippen LogP contribution < -0.4 is 0 Å². The molecule has 0 saturated heterocycles. The van der Waals surface area contributed by atoms with Crippen molar-refractivity contribution in [3.05, 3.63) is 17.5 Å². The maximum atomic E-state index is 11.1. The van der Waals surface area contributed by atoms with E-state index in [1.165, 1.54) is 6.40 Å². The Hall–Kier alpha value is -0.900. The molecule has 0 N–H and O–H groups in total. The minimum atomic E-state index is 0.0130. The predicted octanol–water partition coefficient (Wildman–Crippen LogP) is 0.376. The first kappa shape index (κ1) is 6.79. The Morgan fingerprint density at radius 1 is 1.73 bits per heavy atom. The Morgan fingerprint density at radius 2 is 2.64 bits per heavy atom. The van der Waals surface area contributed by atoms with E-state index in [0.717, 1.165) is 11.1 Å². The molecular formula is C7H7NO2S. The number of nitrogens with zero attached hydrogens (tertiary/aromatic N) is 1. The average Bonchev–Trinajstić information content (AvgIpc) is 2.55. The molecule has 0 aromatic carbocycles. The van der Waals surface area contributed by atoms with Crippen molar-refractivity contribution in [1.82, 2.24) is 0 Å². The summed E-state index contributed by atoms with van der Waals surface area (Å²) in [5.74, 6) is 0.964. The lowest BCUT2D eigenvalue weighted by Gasteiger charge is -2.04. The van der Waals surface area contributed by atoms with E-state index in [9.17, 15) is 4.79 Å². The van der Waals surface area contributed by atoms with Crippen LogP contribution in [0.15, 0.2) is 12.2 Å². The summed E-state index contributed by atoms with van der Waals surface area (Å²) < 4.78 is 6.41. The van der Waals surface area contributed by atoms with Crippen molar-refractivity contribution >= 4 is 24.1 Å². The van der Waals surface area contributed by atoms with Gasteiger partial charge in [-0.1, -0.05) is 6.08 Å². The molecule has 1 amide bonds. The van der Waals surface area contributed by atoms with Gasteiger partial charge in [0.05, 0.1) is 0 Å². The molecule has 0 saturated carbocycles. The molecule has 58 valence electrons. The van der Waals surface area contributed by atoms with Gasteiger partial charge in [-0.2, -0.15) is 0 Å². The van der Waals surface area contributed by atoms with Crippen LogP contribution in [-0.4, -0.2) is 29.2 Å². The van der Waals surface area contributed by atoms with Gasteiger partial charge in [0.25, 0.3) is 6.40 Å². The van der Waals surface area contributed by atoms with Crippen molar-refractivity contribution in [2.45, 2.75) is 0 Å². The minimum absolute atomic E-state index is 0.0130. The molecule has 2 rings (SSSR count). The summed E-state index contributed by atoms with van der Waals surface area (Å²) in [6.07, 6.45) is 5.44. The molecule has 0 atom stereocenters. The molecule has 2 aliphatic rings. The van der Waals surface area contributed by atoms with Gasteiger partial charge in [0.15, 0.2) is 12.0 Å². The average molecular weight is 169 g/mol. The van der Waals surface area contributed by atoms with Crippen LogP contribution in [0.25, 0.3) is 0 Å². The molecular weight excluding hydrogens is 162 g/mol. The third-order valence-electron chi connectivity index (χ3n) is 1.48. The second-order valence-corrected chi connectivity index (χ2v) is 3.27. The normalized spacial score (nSPS) is 22.4. The molecule has 0 spiro atoms. The Labute approximate surface area is 68.7 Å². The fourth-order valence-corrected chi connectivity index (χ4v) is 1.81. The van der Waals surface area contributed by atoms with Gasteiger partial charge >= 0.3 is 5.91 Å². The van der Waals surface area contributed by atoms with Gasteiger partial charge in [-0.05, 0) is 5.75 Å². The van der Waals surface area contributed by atoms with Crippen LogP contribution in [0.1, 0.15) is 0 Å². The Kier molecular flexibility index (Phi) is 1.62. The van der Waals surface area contributed by atoms with Crippen LogP contribution in [-0.2, 0) is 9.53 Å². The third kappa shape index (κ3) is 1.14. The number of thioether (sulfide) groups is 1. The molecule has 0 unspecified atom stereocenters. The van der Waals surface area contributed by atoms with Crippen LogP contribution in [0, 0.1) is 5.37 Å². The van der Waals surface area contributed by atoms with Gasteiger partial charge in [-0.25, -0.2) is 4.58 Å². The lowest BCUT2D eigenvalue weighted by atomic mass is 10.5. The molecule has 2 heterocycles. The zero-order valence-electron chi connectivity index (χ0n) is 5.82. The first-order valence-corrected chi connectivity index (χ1v) is 4.30. The van der Waals surface area contributed by atoms with Crippen molar-refractivity contribution < 1.29 is 14.1 Å². The number of hydrogen-bond acceptors (Lipinski definition) is 3. The van der Waals surface area contributed by atoms with Gasteiger partial charge in [0, 0.05) is 0 Å². The molecule has 0 fully saturated rings. The highest BCUT2D eigenvalue weighted by Crippen LogP contribution is 2.28. The minimum Gasteiger partial charge on any atom is -0.487 e. The summed E-state index contributed by atoms with van der Waals surface area (Å²) in [4.78, 5) is 11.1. The smallest absolute Gasteiger partial charge is 0.350 e. The quantitative estimate of drug-likeness (QED) is 0.419. The van der Waals surface area contributed by atoms with Crippen molar-refractivity contribution in [3.63, 3.8) is 0 Å². The number of carbonyl (C=O) groups is 1. The Balaban J connectivity index is 2.15. The van der Waals surface area contributed by atoms with E-state index in [2.05, 4.69) is 0 Å². The highest BCUT2D eigenvalue weighted by molar-refractivity contribution is 8.02. The van der Waals surface area contributed by atoms with Crippen molar-refractivity contribution in [3.8, 4) is 0 Å². The maximum Gasteiger partial charge on any atom is 0.350 e. The first-order valence-electron chi connectivity index (χ1n) is 3.31. The standard InChI is InChI=1S/C7H7NO2S/c9-6-4-10-5-8(6)7-2-1-3-11-7/h1-2,5H,3-4H2. The first-order chi connectivity index (χ1) is 5.38. The van der Waals surface area contributed by atoms with E-state index in [1.54, 1.807) is 16.3 Å². The van der Waals surface area contributed by atoms with Crippen molar-refractivity contribution in [2.24, 2.45) is 0 Å². The molecule has 3 nitrogen and oxygen atoms in total. The SMILES string of the molecule is O=C1COC=[N+]1[C-]1C=CCS1. The van der Waals surface area contributed by atoms with Crippen molar-refractivity contribution in [1.29, 1.82) is 0 Å². The molecule has 11 heavy (non-hydrogen) atoms. The van der Waals surface area contributed by atoms with E-state index in [4.69, 9.17) is 4.74 Å². The van der Waals surface area contributed by atoms with Crippen molar-refractivity contribution in [2.75, 3.05) is 12.4 Å². The van der Waals surface area contributed by atoms with E-state index in [0.29, 0.717) is 0 Å². The summed E-state index contributed by atoms with van der Waals surface area (Å²) in [6.45, 7) is 0.178. The fraction of sp³-hybridized carbons (Fsp3) is 0.286. The van der Waals surface area contributed by atoms with Crippen LogP contribution in [0.5, 0.6) is 0 Å². The third-order valence-corrected chi connectivity index (χ3v) is 2.47.